The fourth-order valence-electron chi connectivity index (χ4n) is 2.32. The van der Waals surface area contributed by atoms with Crippen LogP contribution in [0.4, 0.5) is 5.82 Å². The number of aromatic nitrogens is 2. The van der Waals surface area contributed by atoms with Crippen molar-refractivity contribution in [2.24, 2.45) is 7.05 Å². The highest BCUT2D eigenvalue weighted by Crippen LogP contribution is 2.23. The number of ether oxygens (including phenoxy) is 1. The summed E-state index contributed by atoms with van der Waals surface area (Å²) in [7, 11) is -2.01. The molecule has 3 N–H and O–H groups in total. The molecule has 8 heteroatoms. The molecule has 0 aromatic carbocycles. The molecule has 0 amide bonds. The number of sulfonamides is 1. The van der Waals surface area contributed by atoms with Crippen LogP contribution in [-0.4, -0.2) is 37.0 Å². The number of rotatable bonds is 4. The second-order valence-electron chi connectivity index (χ2n) is 4.88. The van der Waals surface area contributed by atoms with Crippen LogP contribution in [0.1, 0.15) is 25.5 Å². The summed E-state index contributed by atoms with van der Waals surface area (Å²) in [5.74, 6) is 0.0204. The van der Waals surface area contributed by atoms with E-state index in [9.17, 15) is 8.42 Å². The van der Waals surface area contributed by atoms with E-state index in [0.717, 1.165) is 12.8 Å². The van der Waals surface area contributed by atoms with Crippen LogP contribution in [0.5, 0.6) is 0 Å². The van der Waals surface area contributed by atoms with E-state index in [1.165, 1.54) is 4.68 Å². The van der Waals surface area contributed by atoms with Gasteiger partial charge in [-0.1, -0.05) is 0 Å². The Labute approximate surface area is 113 Å². The summed E-state index contributed by atoms with van der Waals surface area (Å²) < 4.78 is 34.3. The molecule has 2 unspecified atom stereocenters. The first-order valence-electron chi connectivity index (χ1n) is 6.26. The predicted octanol–water partition coefficient (Wildman–Crippen LogP) is 0.157. The summed E-state index contributed by atoms with van der Waals surface area (Å²) in [4.78, 5) is 0.0554. The van der Waals surface area contributed by atoms with Gasteiger partial charge in [0, 0.05) is 19.7 Å². The molecular weight excluding hydrogens is 268 g/mol. The normalized spacial score (nSPS) is 21.7. The van der Waals surface area contributed by atoms with Gasteiger partial charge in [-0.05, 0) is 26.7 Å². The van der Waals surface area contributed by atoms with Crippen LogP contribution in [0.3, 0.4) is 0 Å². The minimum Gasteiger partial charge on any atom is -0.381 e. The minimum absolute atomic E-state index is 0.0204. The van der Waals surface area contributed by atoms with Gasteiger partial charge in [-0.2, -0.15) is 5.10 Å². The van der Waals surface area contributed by atoms with E-state index < -0.39 is 10.0 Å². The van der Waals surface area contributed by atoms with E-state index in [2.05, 4.69) is 9.82 Å². The summed E-state index contributed by atoms with van der Waals surface area (Å²) in [6.07, 6.45) is 1.75. The Morgan fingerprint density at radius 3 is 2.74 bits per heavy atom. The maximum Gasteiger partial charge on any atom is 0.246 e. The molecule has 1 aliphatic heterocycles. The van der Waals surface area contributed by atoms with Crippen LogP contribution in [0.25, 0.3) is 0 Å². The minimum atomic E-state index is -3.68. The van der Waals surface area contributed by atoms with Crippen molar-refractivity contribution in [1.29, 1.82) is 0 Å². The number of hydrogen-bond donors (Lipinski definition) is 2. The highest BCUT2D eigenvalue weighted by Gasteiger charge is 2.30. The molecule has 1 fully saturated rings. The van der Waals surface area contributed by atoms with Crippen molar-refractivity contribution in [3.05, 3.63) is 5.69 Å². The number of nitrogen functional groups attached to an aromatic ring is 1. The molecule has 1 aliphatic rings. The van der Waals surface area contributed by atoms with Crippen LogP contribution in [0.2, 0.25) is 0 Å². The zero-order valence-corrected chi connectivity index (χ0v) is 12.2. The summed E-state index contributed by atoms with van der Waals surface area (Å²) >= 11 is 0. The highest BCUT2D eigenvalue weighted by molar-refractivity contribution is 7.89. The maximum absolute atomic E-state index is 12.4. The molecule has 108 valence electrons. The van der Waals surface area contributed by atoms with Crippen LogP contribution in [0.15, 0.2) is 4.90 Å². The van der Waals surface area contributed by atoms with E-state index >= 15 is 0 Å². The Bertz CT molecular complexity index is 561. The first-order valence-corrected chi connectivity index (χ1v) is 7.74. The van der Waals surface area contributed by atoms with Gasteiger partial charge in [-0.3, -0.25) is 4.68 Å². The highest BCUT2D eigenvalue weighted by atomic mass is 32.2. The van der Waals surface area contributed by atoms with Gasteiger partial charge in [0.25, 0.3) is 0 Å². The molecule has 2 atom stereocenters. The number of nitrogens with zero attached hydrogens (tertiary/aromatic N) is 2. The first kappa shape index (κ1) is 14.3. The molecule has 0 saturated carbocycles. The molecule has 2 heterocycles. The van der Waals surface area contributed by atoms with Gasteiger partial charge in [-0.15, -0.1) is 0 Å². The van der Waals surface area contributed by atoms with Crippen molar-refractivity contribution < 1.29 is 13.2 Å². The van der Waals surface area contributed by atoms with Gasteiger partial charge in [-0.25, -0.2) is 13.1 Å². The topological polar surface area (TPSA) is 99.2 Å². The quantitative estimate of drug-likeness (QED) is 0.822. The van der Waals surface area contributed by atoms with Crippen LogP contribution < -0.4 is 10.5 Å². The molecular formula is C11H20N4O3S. The van der Waals surface area contributed by atoms with Gasteiger partial charge in [0.1, 0.15) is 4.90 Å². The van der Waals surface area contributed by atoms with E-state index in [-0.39, 0.29) is 22.9 Å². The number of nitrogens with one attached hydrogen (secondary N) is 1. The Kier molecular flexibility index (Phi) is 3.84. The van der Waals surface area contributed by atoms with Crippen LogP contribution >= 0.6 is 0 Å². The number of nitrogens with two attached hydrogens (primary N) is 1. The summed E-state index contributed by atoms with van der Waals surface area (Å²) in [5, 5.41) is 3.93. The predicted molar refractivity (Wildman–Crippen MR) is 71.1 cm³/mol. The SMILES string of the molecule is Cc1c(S(=O)(=O)NC(C)C2CCCO2)c(N)nn1C. The summed E-state index contributed by atoms with van der Waals surface area (Å²) in [6.45, 7) is 4.16. The largest absolute Gasteiger partial charge is 0.381 e. The fraction of sp³-hybridized carbons (Fsp3) is 0.727. The van der Waals surface area contributed by atoms with E-state index in [1.807, 2.05) is 0 Å². The molecule has 1 aromatic heterocycles. The van der Waals surface area contributed by atoms with Crippen molar-refractivity contribution >= 4 is 15.8 Å². The average molecular weight is 288 g/mol. The van der Waals surface area contributed by atoms with Crippen molar-refractivity contribution in [2.45, 2.75) is 43.7 Å². The molecule has 0 bridgehead atoms. The third kappa shape index (κ3) is 2.75. The third-order valence-electron chi connectivity index (χ3n) is 3.44. The third-order valence-corrected chi connectivity index (χ3v) is 5.16. The Morgan fingerprint density at radius 2 is 2.26 bits per heavy atom. The molecule has 0 aliphatic carbocycles. The monoisotopic (exact) mass is 288 g/mol. The lowest BCUT2D eigenvalue weighted by Gasteiger charge is -2.19. The van der Waals surface area contributed by atoms with Crippen LogP contribution in [0, 0.1) is 6.92 Å². The van der Waals surface area contributed by atoms with Crippen molar-refractivity contribution in [2.75, 3.05) is 12.3 Å². The van der Waals surface area contributed by atoms with E-state index in [0.29, 0.717) is 12.3 Å². The fourth-order valence-corrected chi connectivity index (χ4v) is 3.92. The van der Waals surface area contributed by atoms with Gasteiger partial charge in [0.2, 0.25) is 10.0 Å². The number of aryl methyl sites for hydroxylation is 1. The summed E-state index contributed by atoms with van der Waals surface area (Å²) in [6, 6.07) is -0.286. The second-order valence-corrected chi connectivity index (χ2v) is 6.54. The van der Waals surface area contributed by atoms with Crippen LogP contribution in [-0.2, 0) is 21.8 Å². The molecule has 1 saturated heterocycles. The molecule has 19 heavy (non-hydrogen) atoms. The maximum atomic E-state index is 12.4. The van der Waals surface area contributed by atoms with Gasteiger partial charge < -0.3 is 10.5 Å². The molecule has 0 spiro atoms. The lowest BCUT2D eigenvalue weighted by atomic mass is 10.1. The molecule has 2 rings (SSSR count). The average Bonchev–Trinajstić information content (AvgIpc) is 2.87. The molecule has 0 radical (unpaired) electrons. The first-order chi connectivity index (χ1) is 8.83. The van der Waals surface area contributed by atoms with Crippen molar-refractivity contribution in [3.63, 3.8) is 0 Å². The van der Waals surface area contributed by atoms with Gasteiger partial charge >= 0.3 is 0 Å². The lowest BCUT2D eigenvalue weighted by Crippen LogP contribution is -2.41. The standard InChI is InChI=1S/C11H20N4O3S/c1-7(9-5-4-6-18-9)14-19(16,17)10-8(2)15(3)13-11(10)12/h7,9,14H,4-6H2,1-3H3,(H2,12,13). The van der Waals surface area contributed by atoms with E-state index in [1.54, 1.807) is 20.9 Å². The van der Waals surface area contributed by atoms with Crippen molar-refractivity contribution in [3.8, 4) is 0 Å². The van der Waals surface area contributed by atoms with Gasteiger partial charge in [0.05, 0.1) is 11.8 Å². The zero-order chi connectivity index (χ0) is 14.2. The second kappa shape index (κ2) is 5.10. The van der Waals surface area contributed by atoms with Gasteiger partial charge in [0.15, 0.2) is 5.82 Å². The number of anilines is 1. The smallest absolute Gasteiger partial charge is 0.246 e. The molecule has 1 aromatic rings. The van der Waals surface area contributed by atoms with Crippen molar-refractivity contribution in [1.82, 2.24) is 14.5 Å². The number of hydrogen-bond acceptors (Lipinski definition) is 5. The zero-order valence-electron chi connectivity index (χ0n) is 11.4. The molecule has 7 nitrogen and oxygen atoms in total. The lowest BCUT2D eigenvalue weighted by molar-refractivity contribution is 0.0902. The summed E-state index contributed by atoms with van der Waals surface area (Å²) in [5.41, 5.74) is 6.19. The Hall–Kier alpha value is -1.12. The Balaban J connectivity index is 2.22. The van der Waals surface area contributed by atoms with E-state index in [4.69, 9.17) is 10.5 Å². The Morgan fingerprint density at radius 1 is 1.58 bits per heavy atom.